The lowest BCUT2D eigenvalue weighted by atomic mass is 10.3. The van der Waals surface area contributed by atoms with Crippen LogP contribution in [0.5, 0.6) is 5.75 Å². The third-order valence-electron chi connectivity index (χ3n) is 1.53. The summed E-state index contributed by atoms with van der Waals surface area (Å²) in [7, 11) is 0. The average Bonchev–Trinajstić information content (AvgIpc) is 2.26. The molecule has 1 heterocycles. The van der Waals surface area contributed by atoms with Gasteiger partial charge in [-0.15, -0.1) is 0 Å². The topological polar surface area (TPSA) is 39.2 Å². The SMILES string of the molecule is C/C(=C/Cl)COc1ccc(C=O)nc1. The number of aldehydes is 1. The predicted molar refractivity (Wildman–Crippen MR) is 54.7 cm³/mol. The van der Waals surface area contributed by atoms with Gasteiger partial charge in [0, 0.05) is 5.54 Å². The van der Waals surface area contributed by atoms with Gasteiger partial charge in [0.05, 0.1) is 6.20 Å². The minimum Gasteiger partial charge on any atom is -0.488 e. The van der Waals surface area contributed by atoms with E-state index in [9.17, 15) is 4.79 Å². The molecule has 14 heavy (non-hydrogen) atoms. The number of nitrogens with zero attached hydrogens (tertiary/aromatic N) is 1. The molecule has 0 saturated heterocycles. The Morgan fingerprint density at radius 3 is 2.93 bits per heavy atom. The third kappa shape index (κ3) is 3.18. The van der Waals surface area contributed by atoms with Crippen LogP contribution in [0.25, 0.3) is 0 Å². The number of halogens is 1. The standard InChI is InChI=1S/C10H10ClNO2/c1-8(4-11)7-14-10-3-2-9(6-13)12-5-10/h2-6H,7H2,1H3/b8-4-. The molecule has 0 aromatic carbocycles. The summed E-state index contributed by atoms with van der Waals surface area (Å²) in [5.74, 6) is 0.619. The molecule has 4 heteroatoms. The largest absolute Gasteiger partial charge is 0.488 e. The van der Waals surface area contributed by atoms with E-state index in [1.54, 1.807) is 12.1 Å². The number of carbonyl (C=O) groups excluding carboxylic acids is 1. The van der Waals surface area contributed by atoms with Crippen LogP contribution in [0.2, 0.25) is 0 Å². The smallest absolute Gasteiger partial charge is 0.168 e. The molecule has 0 aliphatic heterocycles. The molecule has 3 nitrogen and oxygen atoms in total. The van der Waals surface area contributed by atoms with Crippen molar-refractivity contribution in [1.29, 1.82) is 0 Å². The second-order valence-corrected chi connectivity index (χ2v) is 3.00. The van der Waals surface area contributed by atoms with Crippen molar-refractivity contribution >= 4 is 17.9 Å². The Balaban J connectivity index is 2.56. The van der Waals surface area contributed by atoms with Crippen LogP contribution in [0, 0.1) is 0 Å². The summed E-state index contributed by atoms with van der Waals surface area (Å²) in [4.78, 5) is 14.2. The molecule has 0 saturated carbocycles. The number of hydrogen-bond donors (Lipinski definition) is 0. The van der Waals surface area contributed by atoms with E-state index in [4.69, 9.17) is 16.3 Å². The Morgan fingerprint density at radius 1 is 1.64 bits per heavy atom. The van der Waals surface area contributed by atoms with Crippen molar-refractivity contribution in [2.75, 3.05) is 6.61 Å². The number of hydrogen-bond acceptors (Lipinski definition) is 3. The maximum absolute atomic E-state index is 10.3. The molecule has 0 aliphatic carbocycles. The number of ether oxygens (including phenoxy) is 1. The van der Waals surface area contributed by atoms with Crippen molar-refractivity contribution in [1.82, 2.24) is 4.98 Å². The molecule has 1 aromatic heterocycles. The lowest BCUT2D eigenvalue weighted by Gasteiger charge is -2.04. The number of rotatable bonds is 4. The number of carbonyl (C=O) groups is 1. The highest BCUT2D eigenvalue weighted by atomic mass is 35.5. The van der Waals surface area contributed by atoms with Gasteiger partial charge in [-0.1, -0.05) is 11.6 Å². The van der Waals surface area contributed by atoms with Gasteiger partial charge in [-0.3, -0.25) is 4.79 Å². The number of pyridine rings is 1. The first-order valence-corrected chi connectivity index (χ1v) is 4.50. The van der Waals surface area contributed by atoms with Crippen LogP contribution in [-0.4, -0.2) is 17.9 Å². The first-order chi connectivity index (χ1) is 6.76. The zero-order valence-corrected chi connectivity index (χ0v) is 8.49. The van der Waals surface area contributed by atoms with Crippen LogP contribution < -0.4 is 4.74 Å². The molecule has 0 bridgehead atoms. The third-order valence-corrected chi connectivity index (χ3v) is 1.91. The minimum absolute atomic E-state index is 0.391. The van der Waals surface area contributed by atoms with E-state index >= 15 is 0 Å². The normalized spacial score (nSPS) is 11.1. The summed E-state index contributed by atoms with van der Waals surface area (Å²) >= 11 is 5.46. The van der Waals surface area contributed by atoms with Crippen LogP contribution in [0.15, 0.2) is 29.4 Å². The van der Waals surface area contributed by atoms with E-state index in [0.29, 0.717) is 24.3 Å². The molecule has 0 N–H and O–H groups in total. The summed E-state index contributed by atoms with van der Waals surface area (Å²) in [6.45, 7) is 2.28. The minimum atomic E-state index is 0.391. The van der Waals surface area contributed by atoms with Gasteiger partial charge in [0.15, 0.2) is 6.29 Å². The Morgan fingerprint density at radius 2 is 2.43 bits per heavy atom. The lowest BCUT2D eigenvalue weighted by Crippen LogP contribution is -1.98. The van der Waals surface area contributed by atoms with Crippen molar-refractivity contribution in [3.8, 4) is 5.75 Å². The molecule has 0 aliphatic rings. The van der Waals surface area contributed by atoms with Crippen LogP contribution in [-0.2, 0) is 0 Å². The lowest BCUT2D eigenvalue weighted by molar-refractivity contribution is 0.111. The second kappa shape index (κ2) is 5.40. The maximum atomic E-state index is 10.3. The van der Waals surface area contributed by atoms with Crippen molar-refractivity contribution in [3.63, 3.8) is 0 Å². The predicted octanol–water partition coefficient (Wildman–Crippen LogP) is 2.42. The summed E-state index contributed by atoms with van der Waals surface area (Å²) in [6, 6.07) is 3.29. The summed E-state index contributed by atoms with van der Waals surface area (Å²) in [5, 5.41) is 0. The highest BCUT2D eigenvalue weighted by Crippen LogP contribution is 2.09. The van der Waals surface area contributed by atoms with E-state index in [1.165, 1.54) is 11.7 Å². The molecule has 0 amide bonds. The van der Waals surface area contributed by atoms with Gasteiger partial charge in [0.2, 0.25) is 0 Å². The number of aromatic nitrogens is 1. The Kier molecular flexibility index (Phi) is 4.13. The van der Waals surface area contributed by atoms with Crippen molar-refractivity contribution < 1.29 is 9.53 Å². The Labute approximate surface area is 87.4 Å². The first kappa shape index (κ1) is 10.7. The highest BCUT2D eigenvalue weighted by Gasteiger charge is 1.96. The van der Waals surface area contributed by atoms with E-state index in [1.807, 2.05) is 6.92 Å². The van der Waals surface area contributed by atoms with Gasteiger partial charge in [-0.05, 0) is 24.6 Å². The summed E-state index contributed by atoms with van der Waals surface area (Å²) in [5.41, 5.74) is 2.78. The molecule has 1 aromatic rings. The van der Waals surface area contributed by atoms with E-state index < -0.39 is 0 Å². The van der Waals surface area contributed by atoms with Crippen molar-refractivity contribution in [3.05, 3.63) is 35.1 Å². The van der Waals surface area contributed by atoms with Gasteiger partial charge in [-0.25, -0.2) is 4.98 Å². The van der Waals surface area contributed by atoms with E-state index in [2.05, 4.69) is 4.98 Å². The van der Waals surface area contributed by atoms with Gasteiger partial charge in [-0.2, -0.15) is 0 Å². The van der Waals surface area contributed by atoms with Crippen LogP contribution >= 0.6 is 11.6 Å². The van der Waals surface area contributed by atoms with Crippen LogP contribution in [0.4, 0.5) is 0 Å². The van der Waals surface area contributed by atoms with Crippen molar-refractivity contribution in [2.24, 2.45) is 0 Å². The quantitative estimate of drug-likeness (QED) is 0.718. The fraction of sp³-hybridized carbons (Fsp3) is 0.200. The average molecular weight is 212 g/mol. The second-order valence-electron chi connectivity index (χ2n) is 2.78. The van der Waals surface area contributed by atoms with E-state index in [-0.39, 0.29) is 0 Å². The Hall–Kier alpha value is -1.35. The van der Waals surface area contributed by atoms with E-state index in [0.717, 1.165) is 5.57 Å². The maximum Gasteiger partial charge on any atom is 0.168 e. The van der Waals surface area contributed by atoms with Crippen LogP contribution in [0.1, 0.15) is 17.4 Å². The zero-order valence-electron chi connectivity index (χ0n) is 7.74. The Bertz CT molecular complexity index is 332. The molecule has 0 atom stereocenters. The van der Waals surface area contributed by atoms with Crippen LogP contribution in [0.3, 0.4) is 0 Å². The summed E-state index contributed by atoms with van der Waals surface area (Å²) < 4.78 is 5.33. The molecular weight excluding hydrogens is 202 g/mol. The molecule has 1 rings (SSSR count). The molecular formula is C10H10ClNO2. The van der Waals surface area contributed by atoms with Gasteiger partial charge in [0.25, 0.3) is 0 Å². The molecule has 0 fully saturated rings. The molecule has 0 radical (unpaired) electrons. The van der Waals surface area contributed by atoms with Gasteiger partial charge in [0.1, 0.15) is 18.1 Å². The molecule has 0 spiro atoms. The van der Waals surface area contributed by atoms with Crippen molar-refractivity contribution in [2.45, 2.75) is 6.92 Å². The zero-order chi connectivity index (χ0) is 10.4. The highest BCUT2D eigenvalue weighted by molar-refractivity contribution is 6.25. The fourth-order valence-electron chi connectivity index (χ4n) is 0.775. The molecule has 74 valence electrons. The van der Waals surface area contributed by atoms with Gasteiger partial charge < -0.3 is 4.74 Å². The van der Waals surface area contributed by atoms with Gasteiger partial charge >= 0.3 is 0 Å². The fourth-order valence-corrected chi connectivity index (χ4v) is 0.838. The first-order valence-electron chi connectivity index (χ1n) is 4.06. The monoisotopic (exact) mass is 211 g/mol. The molecule has 0 unspecified atom stereocenters. The summed E-state index contributed by atoms with van der Waals surface area (Å²) in [6.07, 6.45) is 2.19.